The number of halogens is 3. The zero-order valence-electron chi connectivity index (χ0n) is 16.2. The fourth-order valence-corrected chi connectivity index (χ4v) is 4.70. The van der Waals surface area contributed by atoms with E-state index in [0.29, 0.717) is 11.6 Å². The molecule has 0 aliphatic carbocycles. The summed E-state index contributed by atoms with van der Waals surface area (Å²) in [5.74, 6) is 0.422. The van der Waals surface area contributed by atoms with E-state index in [-0.39, 0.29) is 36.2 Å². The zero-order valence-corrected chi connectivity index (χ0v) is 17.0. The molecule has 10 heteroatoms. The summed E-state index contributed by atoms with van der Waals surface area (Å²) in [5.41, 5.74) is 0.206. The molecule has 1 N–H and O–H groups in total. The van der Waals surface area contributed by atoms with Crippen molar-refractivity contribution >= 4 is 35.2 Å². The summed E-state index contributed by atoms with van der Waals surface area (Å²) in [6.45, 7) is 0.267. The summed E-state index contributed by atoms with van der Waals surface area (Å²) in [6.07, 6.45) is -4.50. The summed E-state index contributed by atoms with van der Waals surface area (Å²) in [6, 6.07) is 10.4. The largest absolute Gasteiger partial charge is 0.416 e. The predicted molar refractivity (Wildman–Crippen MR) is 109 cm³/mol. The van der Waals surface area contributed by atoms with E-state index in [2.05, 4.69) is 5.32 Å². The van der Waals surface area contributed by atoms with E-state index in [1.54, 1.807) is 28.8 Å². The van der Waals surface area contributed by atoms with E-state index in [4.69, 9.17) is 0 Å². The number of hydrogen-bond donors (Lipinski definition) is 1. The van der Waals surface area contributed by atoms with Gasteiger partial charge < -0.3 is 15.1 Å². The van der Waals surface area contributed by atoms with E-state index >= 15 is 0 Å². The maximum absolute atomic E-state index is 12.8. The van der Waals surface area contributed by atoms with Crippen LogP contribution >= 0.6 is 11.8 Å². The molecule has 2 saturated heterocycles. The molecule has 2 heterocycles. The van der Waals surface area contributed by atoms with Gasteiger partial charge >= 0.3 is 6.18 Å². The molecule has 0 aromatic heterocycles. The quantitative estimate of drug-likeness (QED) is 0.779. The average Bonchev–Trinajstić information content (AvgIpc) is 3.23. The lowest BCUT2D eigenvalue weighted by Crippen LogP contribution is -2.57. The average molecular weight is 449 g/mol. The number of anilines is 1. The van der Waals surface area contributed by atoms with Crippen molar-refractivity contribution in [1.29, 1.82) is 0 Å². The molecule has 31 heavy (non-hydrogen) atoms. The fraction of sp³-hybridized carbons (Fsp3) is 0.286. The Morgan fingerprint density at radius 1 is 1.13 bits per heavy atom. The van der Waals surface area contributed by atoms with E-state index in [1.807, 2.05) is 0 Å². The Morgan fingerprint density at radius 2 is 1.87 bits per heavy atom. The number of hydrogen-bond acceptors (Lipinski definition) is 4. The Morgan fingerprint density at radius 3 is 2.58 bits per heavy atom. The standard InChI is InChI=1S/C21H18F3N3O3S/c22-21(23,24)15-2-1-3-16(8-15)25-19(29)14-6-4-13(5-7-14)9-26-10-18(28)27-12-31-11-17(27)20(26)30/h1-8,17H,9-12H2,(H,25,29)/t17-/m1/s1. The van der Waals surface area contributed by atoms with Gasteiger partial charge in [-0.15, -0.1) is 11.8 Å². The summed E-state index contributed by atoms with van der Waals surface area (Å²) in [7, 11) is 0. The molecule has 2 fully saturated rings. The molecule has 0 unspecified atom stereocenters. The molecule has 4 rings (SSSR count). The lowest BCUT2D eigenvalue weighted by molar-refractivity contribution is -0.153. The Labute approximate surface area is 180 Å². The highest BCUT2D eigenvalue weighted by molar-refractivity contribution is 7.99. The van der Waals surface area contributed by atoms with Crippen LogP contribution in [0.4, 0.5) is 18.9 Å². The number of nitrogens with zero attached hydrogens (tertiary/aromatic N) is 2. The molecule has 1 atom stereocenters. The van der Waals surface area contributed by atoms with Crippen molar-refractivity contribution < 1.29 is 27.6 Å². The second-order valence-electron chi connectivity index (χ2n) is 7.30. The minimum Gasteiger partial charge on any atom is -0.327 e. The van der Waals surface area contributed by atoms with Gasteiger partial charge in [0, 0.05) is 23.5 Å². The highest BCUT2D eigenvalue weighted by atomic mass is 32.2. The minimum absolute atomic E-state index is 0.0215. The lowest BCUT2D eigenvalue weighted by atomic mass is 10.1. The second kappa shape index (κ2) is 8.26. The van der Waals surface area contributed by atoms with Crippen molar-refractivity contribution in [1.82, 2.24) is 9.80 Å². The molecule has 2 aliphatic rings. The molecule has 0 radical (unpaired) electrons. The molecule has 2 aromatic carbocycles. The molecule has 0 saturated carbocycles. The van der Waals surface area contributed by atoms with Crippen molar-refractivity contribution in [2.45, 2.75) is 18.8 Å². The predicted octanol–water partition coefficient (Wildman–Crippen LogP) is 3.20. The second-order valence-corrected chi connectivity index (χ2v) is 8.30. The van der Waals surface area contributed by atoms with Crippen LogP contribution in [0.1, 0.15) is 21.5 Å². The van der Waals surface area contributed by atoms with Crippen LogP contribution in [0.15, 0.2) is 48.5 Å². The number of piperazine rings is 1. The van der Waals surface area contributed by atoms with Gasteiger partial charge in [-0.25, -0.2) is 0 Å². The number of thioether (sulfide) groups is 1. The topological polar surface area (TPSA) is 69.7 Å². The molecule has 2 aliphatic heterocycles. The van der Waals surface area contributed by atoms with Gasteiger partial charge in [0.05, 0.1) is 11.4 Å². The van der Waals surface area contributed by atoms with Crippen LogP contribution in [-0.4, -0.2) is 51.7 Å². The Kier molecular flexibility index (Phi) is 5.65. The normalized spacial score (nSPS) is 18.9. The lowest BCUT2D eigenvalue weighted by Gasteiger charge is -2.35. The Balaban J connectivity index is 1.41. The minimum atomic E-state index is -4.50. The summed E-state index contributed by atoms with van der Waals surface area (Å²) < 4.78 is 38.5. The van der Waals surface area contributed by atoms with Gasteiger partial charge in [0.25, 0.3) is 5.91 Å². The van der Waals surface area contributed by atoms with E-state index < -0.39 is 23.7 Å². The number of rotatable bonds is 4. The van der Waals surface area contributed by atoms with Gasteiger partial charge in [-0.1, -0.05) is 18.2 Å². The highest BCUT2D eigenvalue weighted by Crippen LogP contribution is 2.31. The third kappa shape index (κ3) is 4.53. The molecular weight excluding hydrogens is 431 g/mol. The summed E-state index contributed by atoms with van der Waals surface area (Å²) in [4.78, 5) is 40.3. The van der Waals surface area contributed by atoms with Crippen LogP contribution in [0, 0.1) is 0 Å². The van der Waals surface area contributed by atoms with E-state index in [9.17, 15) is 27.6 Å². The van der Waals surface area contributed by atoms with Gasteiger partial charge in [-0.2, -0.15) is 13.2 Å². The number of carbonyl (C=O) groups is 3. The van der Waals surface area contributed by atoms with E-state index in [1.165, 1.54) is 29.2 Å². The van der Waals surface area contributed by atoms with Crippen LogP contribution < -0.4 is 5.32 Å². The van der Waals surface area contributed by atoms with Gasteiger partial charge in [0.15, 0.2) is 0 Å². The number of nitrogens with one attached hydrogen (secondary N) is 1. The number of carbonyl (C=O) groups excluding carboxylic acids is 3. The molecular formula is C21H18F3N3O3S. The smallest absolute Gasteiger partial charge is 0.327 e. The van der Waals surface area contributed by atoms with Crippen LogP contribution in [0.2, 0.25) is 0 Å². The van der Waals surface area contributed by atoms with Crippen molar-refractivity contribution in [3.8, 4) is 0 Å². The SMILES string of the molecule is O=C(Nc1cccc(C(F)(F)F)c1)c1ccc(CN2CC(=O)N3CSC[C@@H]3C2=O)cc1. The summed E-state index contributed by atoms with van der Waals surface area (Å²) >= 11 is 1.55. The van der Waals surface area contributed by atoms with Crippen LogP contribution in [0.25, 0.3) is 0 Å². The highest BCUT2D eigenvalue weighted by Gasteiger charge is 2.42. The van der Waals surface area contributed by atoms with Crippen LogP contribution in [-0.2, 0) is 22.3 Å². The third-order valence-electron chi connectivity index (χ3n) is 5.16. The molecule has 3 amide bonds. The first-order chi connectivity index (χ1) is 14.7. The molecule has 162 valence electrons. The Hall–Kier alpha value is -3.01. The van der Waals surface area contributed by atoms with Gasteiger partial charge in [0.2, 0.25) is 11.8 Å². The van der Waals surface area contributed by atoms with Crippen LogP contribution in [0.3, 0.4) is 0 Å². The van der Waals surface area contributed by atoms with Crippen LogP contribution in [0.5, 0.6) is 0 Å². The van der Waals surface area contributed by atoms with Crippen molar-refractivity contribution in [2.24, 2.45) is 0 Å². The maximum Gasteiger partial charge on any atom is 0.416 e. The monoisotopic (exact) mass is 449 g/mol. The molecule has 6 nitrogen and oxygen atoms in total. The zero-order chi connectivity index (χ0) is 22.2. The molecule has 0 bridgehead atoms. The molecule has 2 aromatic rings. The van der Waals surface area contributed by atoms with Crippen molar-refractivity contribution in [2.75, 3.05) is 23.5 Å². The first-order valence-electron chi connectivity index (χ1n) is 9.46. The Bertz CT molecular complexity index is 1030. The van der Waals surface area contributed by atoms with Gasteiger partial charge in [-0.05, 0) is 35.9 Å². The third-order valence-corrected chi connectivity index (χ3v) is 6.18. The van der Waals surface area contributed by atoms with Crippen molar-refractivity contribution in [3.05, 3.63) is 65.2 Å². The summed E-state index contributed by atoms with van der Waals surface area (Å²) in [5, 5.41) is 2.45. The van der Waals surface area contributed by atoms with Gasteiger partial charge in [0.1, 0.15) is 12.6 Å². The number of alkyl halides is 3. The number of fused-ring (bicyclic) bond motifs is 1. The van der Waals surface area contributed by atoms with Gasteiger partial charge in [-0.3, -0.25) is 14.4 Å². The van der Waals surface area contributed by atoms with Crippen molar-refractivity contribution in [3.63, 3.8) is 0 Å². The van der Waals surface area contributed by atoms with E-state index in [0.717, 1.165) is 17.7 Å². The first kappa shape index (κ1) is 21.2. The number of benzene rings is 2. The number of amides is 3. The molecule has 0 spiro atoms. The fourth-order valence-electron chi connectivity index (χ4n) is 3.53. The maximum atomic E-state index is 12.8. The first-order valence-corrected chi connectivity index (χ1v) is 10.6.